The summed E-state index contributed by atoms with van der Waals surface area (Å²) < 4.78 is 0. The molecule has 0 unspecified atom stereocenters. The molecule has 5 heteroatoms. The summed E-state index contributed by atoms with van der Waals surface area (Å²) in [5.74, 6) is 0. The lowest BCUT2D eigenvalue weighted by Crippen LogP contribution is -1.81. The minimum Gasteiger partial charge on any atom is -0.338 e. The molecule has 0 amide bonds. The molecule has 4 nitrogen and oxygen atoms in total. The second-order valence-corrected chi connectivity index (χ2v) is 3.26. The molecule has 0 aromatic carbocycles. The molecule has 3 aromatic rings. The van der Waals surface area contributed by atoms with Crippen molar-refractivity contribution in [2.24, 2.45) is 0 Å². The standard InChI is InChI=1S/C9H5ClN4/c10-9-12-4-5-7-6(2-1-3-11-7)13-8(5)14-9/h1-4H,(H,12,13,14). The molecule has 0 radical (unpaired) electrons. The Balaban J connectivity index is 2.57. The topological polar surface area (TPSA) is 54.5 Å². The van der Waals surface area contributed by atoms with Gasteiger partial charge in [0.2, 0.25) is 5.28 Å². The number of aromatic nitrogens is 4. The van der Waals surface area contributed by atoms with Crippen molar-refractivity contribution in [2.45, 2.75) is 0 Å². The highest BCUT2D eigenvalue weighted by atomic mass is 35.5. The molecule has 0 fully saturated rings. The van der Waals surface area contributed by atoms with E-state index in [2.05, 4.69) is 19.9 Å². The van der Waals surface area contributed by atoms with E-state index in [1.165, 1.54) is 0 Å². The zero-order valence-corrected chi connectivity index (χ0v) is 7.78. The van der Waals surface area contributed by atoms with Crippen molar-refractivity contribution in [2.75, 3.05) is 0 Å². The maximum Gasteiger partial charge on any atom is 0.224 e. The Bertz CT molecular complexity index is 616. The largest absolute Gasteiger partial charge is 0.338 e. The maximum atomic E-state index is 5.68. The van der Waals surface area contributed by atoms with Crippen LogP contribution in [-0.2, 0) is 0 Å². The fourth-order valence-corrected chi connectivity index (χ4v) is 1.61. The van der Waals surface area contributed by atoms with E-state index in [0.29, 0.717) is 0 Å². The lowest BCUT2D eigenvalue weighted by Gasteiger charge is -1.88. The third-order valence-corrected chi connectivity index (χ3v) is 2.26. The first kappa shape index (κ1) is 7.70. The average Bonchev–Trinajstić information content (AvgIpc) is 2.54. The van der Waals surface area contributed by atoms with E-state index < -0.39 is 0 Å². The van der Waals surface area contributed by atoms with Crippen LogP contribution in [0.3, 0.4) is 0 Å². The molecule has 0 saturated carbocycles. The van der Waals surface area contributed by atoms with Crippen LogP contribution in [0.2, 0.25) is 5.28 Å². The molecule has 0 bridgehead atoms. The predicted octanol–water partition coefficient (Wildman–Crippen LogP) is 2.16. The van der Waals surface area contributed by atoms with Crippen LogP contribution >= 0.6 is 11.6 Å². The van der Waals surface area contributed by atoms with Crippen LogP contribution in [0.25, 0.3) is 22.1 Å². The smallest absolute Gasteiger partial charge is 0.224 e. The highest BCUT2D eigenvalue weighted by Crippen LogP contribution is 2.21. The van der Waals surface area contributed by atoms with Crippen LogP contribution in [0, 0.1) is 0 Å². The average molecular weight is 205 g/mol. The molecule has 3 aromatic heterocycles. The van der Waals surface area contributed by atoms with Crippen LogP contribution in [0.4, 0.5) is 0 Å². The van der Waals surface area contributed by atoms with E-state index in [1.54, 1.807) is 12.4 Å². The Labute approximate surface area is 84.0 Å². The number of nitrogens with one attached hydrogen (secondary N) is 1. The van der Waals surface area contributed by atoms with Gasteiger partial charge in [0.05, 0.1) is 16.4 Å². The molecule has 0 spiro atoms. The predicted molar refractivity (Wildman–Crippen MR) is 54.2 cm³/mol. The summed E-state index contributed by atoms with van der Waals surface area (Å²) in [6.45, 7) is 0. The van der Waals surface area contributed by atoms with Crippen molar-refractivity contribution in [3.63, 3.8) is 0 Å². The van der Waals surface area contributed by atoms with E-state index in [0.717, 1.165) is 22.1 Å². The molecule has 0 atom stereocenters. The van der Waals surface area contributed by atoms with Gasteiger partial charge < -0.3 is 4.98 Å². The highest BCUT2D eigenvalue weighted by molar-refractivity contribution is 6.28. The number of hydrogen-bond donors (Lipinski definition) is 1. The highest BCUT2D eigenvalue weighted by Gasteiger charge is 2.06. The van der Waals surface area contributed by atoms with Crippen molar-refractivity contribution in [1.82, 2.24) is 19.9 Å². The summed E-state index contributed by atoms with van der Waals surface area (Å²) in [5, 5.41) is 1.13. The van der Waals surface area contributed by atoms with Gasteiger partial charge in [-0.15, -0.1) is 0 Å². The minimum atomic E-state index is 0.240. The number of aromatic amines is 1. The normalized spacial score (nSPS) is 11.2. The number of rotatable bonds is 0. The van der Waals surface area contributed by atoms with Crippen molar-refractivity contribution >= 4 is 33.7 Å². The third-order valence-electron chi connectivity index (χ3n) is 2.08. The zero-order valence-electron chi connectivity index (χ0n) is 7.03. The van der Waals surface area contributed by atoms with Gasteiger partial charge in [0.25, 0.3) is 0 Å². The summed E-state index contributed by atoms with van der Waals surface area (Å²) in [4.78, 5) is 15.4. The Kier molecular flexibility index (Phi) is 1.46. The molecule has 0 saturated heterocycles. The number of hydrogen-bond acceptors (Lipinski definition) is 3. The number of halogens is 1. The molecule has 68 valence electrons. The first-order chi connectivity index (χ1) is 6.84. The van der Waals surface area contributed by atoms with Gasteiger partial charge in [-0.1, -0.05) is 0 Å². The van der Waals surface area contributed by atoms with Gasteiger partial charge in [-0.3, -0.25) is 4.98 Å². The third kappa shape index (κ3) is 0.975. The Morgan fingerprint density at radius 1 is 1.29 bits per heavy atom. The second-order valence-electron chi connectivity index (χ2n) is 2.93. The lowest BCUT2D eigenvalue weighted by atomic mass is 10.3. The number of pyridine rings is 1. The summed E-state index contributed by atoms with van der Waals surface area (Å²) in [6.07, 6.45) is 3.42. The summed E-state index contributed by atoms with van der Waals surface area (Å²) in [7, 11) is 0. The SMILES string of the molecule is Clc1ncc2c(n1)[nH]c1cccnc12. The van der Waals surface area contributed by atoms with Crippen LogP contribution in [0.15, 0.2) is 24.5 Å². The molecule has 1 N–H and O–H groups in total. The van der Waals surface area contributed by atoms with Gasteiger partial charge >= 0.3 is 0 Å². The van der Waals surface area contributed by atoms with E-state index >= 15 is 0 Å². The van der Waals surface area contributed by atoms with Crippen LogP contribution < -0.4 is 0 Å². The van der Waals surface area contributed by atoms with E-state index in [-0.39, 0.29) is 5.28 Å². The van der Waals surface area contributed by atoms with E-state index in [9.17, 15) is 0 Å². The molecule has 14 heavy (non-hydrogen) atoms. The lowest BCUT2D eigenvalue weighted by molar-refractivity contribution is 1.20. The first-order valence-electron chi connectivity index (χ1n) is 4.09. The Morgan fingerprint density at radius 2 is 2.21 bits per heavy atom. The number of fused-ring (bicyclic) bond motifs is 3. The van der Waals surface area contributed by atoms with Crippen molar-refractivity contribution in [1.29, 1.82) is 0 Å². The Hall–Kier alpha value is -1.68. The first-order valence-corrected chi connectivity index (χ1v) is 4.47. The van der Waals surface area contributed by atoms with Gasteiger partial charge in [0, 0.05) is 12.4 Å². The van der Waals surface area contributed by atoms with Crippen LogP contribution in [-0.4, -0.2) is 19.9 Å². The second kappa shape index (κ2) is 2.65. The van der Waals surface area contributed by atoms with Crippen molar-refractivity contribution in [3.8, 4) is 0 Å². The zero-order chi connectivity index (χ0) is 9.54. The molecule has 3 rings (SSSR count). The fraction of sp³-hybridized carbons (Fsp3) is 0. The monoisotopic (exact) mass is 204 g/mol. The van der Waals surface area contributed by atoms with E-state index in [4.69, 9.17) is 11.6 Å². The van der Waals surface area contributed by atoms with Crippen LogP contribution in [0.1, 0.15) is 0 Å². The molecule has 0 aliphatic carbocycles. The molecule has 0 aliphatic heterocycles. The summed E-state index contributed by atoms with van der Waals surface area (Å²) in [6, 6.07) is 3.81. The molecular weight excluding hydrogens is 200 g/mol. The van der Waals surface area contributed by atoms with Gasteiger partial charge in [-0.05, 0) is 23.7 Å². The Morgan fingerprint density at radius 3 is 3.14 bits per heavy atom. The maximum absolute atomic E-state index is 5.68. The van der Waals surface area contributed by atoms with Crippen molar-refractivity contribution in [3.05, 3.63) is 29.8 Å². The fourth-order valence-electron chi connectivity index (χ4n) is 1.48. The summed E-state index contributed by atoms with van der Waals surface area (Å²) >= 11 is 5.68. The van der Waals surface area contributed by atoms with Gasteiger partial charge in [0.1, 0.15) is 5.65 Å². The summed E-state index contributed by atoms with van der Waals surface area (Å²) in [5.41, 5.74) is 2.54. The number of H-pyrrole nitrogens is 1. The quantitative estimate of drug-likeness (QED) is 0.571. The molecule has 0 aliphatic rings. The number of nitrogens with zero attached hydrogens (tertiary/aromatic N) is 3. The van der Waals surface area contributed by atoms with Crippen LogP contribution in [0.5, 0.6) is 0 Å². The molecule has 3 heterocycles. The van der Waals surface area contributed by atoms with Gasteiger partial charge in [0.15, 0.2) is 0 Å². The minimum absolute atomic E-state index is 0.240. The van der Waals surface area contributed by atoms with Crippen molar-refractivity contribution < 1.29 is 0 Å². The van der Waals surface area contributed by atoms with E-state index in [1.807, 2.05) is 12.1 Å². The van der Waals surface area contributed by atoms with Gasteiger partial charge in [-0.25, -0.2) is 4.98 Å². The van der Waals surface area contributed by atoms with Gasteiger partial charge in [-0.2, -0.15) is 4.98 Å². The molecular formula is C9H5ClN4.